The SMILES string of the molecule is Nc1ccc2nc(S(=O)(=O)Cc3cccc(Br)c3)[nH]c2c1. The van der Waals surface area contributed by atoms with Crippen molar-refractivity contribution in [3.63, 3.8) is 0 Å². The number of imidazole rings is 1. The first-order valence-corrected chi connectivity index (χ1v) is 8.61. The normalized spacial score (nSPS) is 11.9. The van der Waals surface area contributed by atoms with E-state index in [0.29, 0.717) is 22.3 Å². The molecule has 1 aromatic heterocycles. The number of hydrogen-bond acceptors (Lipinski definition) is 4. The van der Waals surface area contributed by atoms with Crippen molar-refractivity contribution < 1.29 is 8.42 Å². The van der Waals surface area contributed by atoms with Crippen LogP contribution in [0.4, 0.5) is 5.69 Å². The van der Waals surface area contributed by atoms with Crippen LogP contribution in [-0.2, 0) is 15.6 Å². The fraction of sp³-hybridized carbons (Fsp3) is 0.0714. The van der Waals surface area contributed by atoms with Gasteiger partial charge in [0.25, 0.3) is 0 Å². The highest BCUT2D eigenvalue weighted by Crippen LogP contribution is 2.21. The van der Waals surface area contributed by atoms with Gasteiger partial charge in [0, 0.05) is 10.2 Å². The van der Waals surface area contributed by atoms with E-state index < -0.39 is 9.84 Å². The molecule has 3 rings (SSSR count). The Morgan fingerprint density at radius 1 is 1.19 bits per heavy atom. The van der Waals surface area contributed by atoms with E-state index >= 15 is 0 Å². The number of anilines is 1. The number of H-pyrrole nitrogens is 1. The molecular weight excluding hydrogens is 354 g/mol. The molecule has 0 atom stereocenters. The Hall–Kier alpha value is -1.86. The van der Waals surface area contributed by atoms with E-state index in [9.17, 15) is 8.42 Å². The van der Waals surface area contributed by atoms with E-state index in [0.717, 1.165) is 4.47 Å². The molecule has 0 aliphatic rings. The van der Waals surface area contributed by atoms with Gasteiger partial charge >= 0.3 is 0 Å². The van der Waals surface area contributed by atoms with Crippen LogP contribution in [0.1, 0.15) is 5.56 Å². The Kier molecular flexibility index (Phi) is 3.46. The predicted octanol–water partition coefficient (Wildman–Crippen LogP) is 2.88. The molecular formula is C14H12BrN3O2S. The summed E-state index contributed by atoms with van der Waals surface area (Å²) < 4.78 is 25.7. The summed E-state index contributed by atoms with van der Waals surface area (Å²) in [6, 6.07) is 12.2. The molecule has 0 radical (unpaired) electrons. The van der Waals surface area contributed by atoms with Crippen LogP contribution >= 0.6 is 15.9 Å². The van der Waals surface area contributed by atoms with Crippen molar-refractivity contribution in [1.82, 2.24) is 9.97 Å². The molecule has 0 saturated heterocycles. The molecule has 0 unspecified atom stereocenters. The lowest BCUT2D eigenvalue weighted by molar-refractivity contribution is 0.588. The fourth-order valence-corrected chi connectivity index (χ4v) is 3.77. The number of rotatable bonds is 3. The number of nitrogens with zero attached hydrogens (tertiary/aromatic N) is 1. The number of benzene rings is 2. The van der Waals surface area contributed by atoms with Crippen molar-refractivity contribution in [2.45, 2.75) is 10.9 Å². The molecule has 3 aromatic rings. The number of nitrogens with two attached hydrogens (primary N) is 1. The van der Waals surface area contributed by atoms with Gasteiger partial charge in [0.15, 0.2) is 0 Å². The molecule has 0 spiro atoms. The lowest BCUT2D eigenvalue weighted by atomic mass is 10.2. The maximum absolute atomic E-state index is 12.4. The van der Waals surface area contributed by atoms with Crippen LogP contribution in [0.15, 0.2) is 52.1 Å². The summed E-state index contributed by atoms with van der Waals surface area (Å²) in [7, 11) is -3.53. The lowest BCUT2D eigenvalue weighted by Crippen LogP contribution is -2.06. The summed E-state index contributed by atoms with van der Waals surface area (Å²) in [6.07, 6.45) is 0. The molecule has 0 aliphatic carbocycles. The van der Waals surface area contributed by atoms with E-state index in [1.165, 1.54) is 0 Å². The predicted molar refractivity (Wildman–Crippen MR) is 85.5 cm³/mol. The van der Waals surface area contributed by atoms with Crippen molar-refractivity contribution in [1.29, 1.82) is 0 Å². The van der Waals surface area contributed by atoms with E-state index in [-0.39, 0.29) is 10.9 Å². The van der Waals surface area contributed by atoms with E-state index in [1.54, 1.807) is 36.4 Å². The van der Waals surface area contributed by atoms with Crippen molar-refractivity contribution in [3.05, 3.63) is 52.5 Å². The first-order valence-electron chi connectivity index (χ1n) is 6.16. The monoisotopic (exact) mass is 365 g/mol. The maximum atomic E-state index is 12.4. The first-order chi connectivity index (χ1) is 9.94. The van der Waals surface area contributed by atoms with Gasteiger partial charge in [-0.25, -0.2) is 13.4 Å². The Balaban J connectivity index is 2.00. The molecule has 0 bridgehead atoms. The van der Waals surface area contributed by atoms with Gasteiger partial charge in [-0.05, 0) is 35.9 Å². The Labute approximate surface area is 130 Å². The maximum Gasteiger partial charge on any atom is 0.226 e. The second-order valence-corrected chi connectivity index (χ2v) is 7.53. The minimum atomic E-state index is -3.53. The largest absolute Gasteiger partial charge is 0.399 e. The van der Waals surface area contributed by atoms with E-state index in [4.69, 9.17) is 5.73 Å². The molecule has 7 heteroatoms. The zero-order valence-corrected chi connectivity index (χ0v) is 13.3. The van der Waals surface area contributed by atoms with Gasteiger partial charge < -0.3 is 10.7 Å². The van der Waals surface area contributed by atoms with Crippen molar-refractivity contribution >= 4 is 42.5 Å². The van der Waals surface area contributed by atoms with Gasteiger partial charge in [-0.1, -0.05) is 28.1 Å². The summed E-state index contributed by atoms with van der Waals surface area (Å²) >= 11 is 3.33. The van der Waals surface area contributed by atoms with Crippen LogP contribution < -0.4 is 5.73 Å². The molecule has 3 N–H and O–H groups in total. The van der Waals surface area contributed by atoms with Gasteiger partial charge in [-0.3, -0.25) is 0 Å². The second kappa shape index (κ2) is 5.16. The van der Waals surface area contributed by atoms with Crippen LogP contribution in [0.25, 0.3) is 11.0 Å². The van der Waals surface area contributed by atoms with Crippen molar-refractivity contribution in [3.8, 4) is 0 Å². The van der Waals surface area contributed by atoms with E-state index in [1.807, 2.05) is 6.07 Å². The van der Waals surface area contributed by atoms with Crippen LogP contribution in [0.5, 0.6) is 0 Å². The Morgan fingerprint density at radius 2 is 2.00 bits per heavy atom. The zero-order chi connectivity index (χ0) is 15.0. The molecule has 5 nitrogen and oxygen atoms in total. The molecule has 1 heterocycles. The second-order valence-electron chi connectivity index (χ2n) is 4.71. The number of aromatic amines is 1. The highest BCUT2D eigenvalue weighted by molar-refractivity contribution is 9.10. The summed E-state index contributed by atoms with van der Waals surface area (Å²) in [5.74, 6) is -0.109. The summed E-state index contributed by atoms with van der Waals surface area (Å²) in [6.45, 7) is 0. The van der Waals surface area contributed by atoms with Crippen LogP contribution in [0, 0.1) is 0 Å². The third kappa shape index (κ3) is 2.93. The number of hydrogen-bond donors (Lipinski definition) is 2. The minimum absolute atomic E-state index is 0.0388. The van der Waals surface area contributed by atoms with Gasteiger partial charge in [0.1, 0.15) is 0 Å². The minimum Gasteiger partial charge on any atom is -0.399 e. The highest BCUT2D eigenvalue weighted by Gasteiger charge is 2.20. The molecule has 21 heavy (non-hydrogen) atoms. The first kappa shape index (κ1) is 14.1. The topological polar surface area (TPSA) is 88.8 Å². The number of nitrogens with one attached hydrogen (secondary N) is 1. The average molecular weight is 366 g/mol. The smallest absolute Gasteiger partial charge is 0.226 e. The third-order valence-electron chi connectivity index (χ3n) is 3.02. The Morgan fingerprint density at radius 3 is 2.76 bits per heavy atom. The highest BCUT2D eigenvalue weighted by atomic mass is 79.9. The van der Waals surface area contributed by atoms with E-state index in [2.05, 4.69) is 25.9 Å². The van der Waals surface area contributed by atoms with Crippen molar-refractivity contribution in [2.75, 3.05) is 5.73 Å². The summed E-state index contributed by atoms with van der Waals surface area (Å²) in [4.78, 5) is 6.95. The quantitative estimate of drug-likeness (QED) is 0.698. The van der Waals surface area contributed by atoms with Gasteiger partial charge in [-0.15, -0.1) is 0 Å². The fourth-order valence-electron chi connectivity index (χ4n) is 2.07. The van der Waals surface area contributed by atoms with Crippen LogP contribution in [0.3, 0.4) is 0 Å². The number of aromatic nitrogens is 2. The number of fused-ring (bicyclic) bond motifs is 1. The standard InChI is InChI=1S/C14H12BrN3O2S/c15-10-3-1-2-9(6-10)8-21(19,20)14-17-12-5-4-11(16)7-13(12)18-14/h1-7H,8,16H2,(H,17,18). The lowest BCUT2D eigenvalue weighted by Gasteiger charge is -2.02. The molecule has 0 saturated carbocycles. The molecule has 2 aromatic carbocycles. The average Bonchev–Trinajstić information content (AvgIpc) is 2.82. The number of sulfone groups is 1. The van der Waals surface area contributed by atoms with Gasteiger partial charge in [-0.2, -0.15) is 0 Å². The Bertz CT molecular complexity index is 919. The summed E-state index contributed by atoms with van der Waals surface area (Å²) in [5.41, 5.74) is 8.13. The zero-order valence-electron chi connectivity index (χ0n) is 10.9. The number of nitrogen functional groups attached to an aromatic ring is 1. The van der Waals surface area contributed by atoms with Crippen molar-refractivity contribution in [2.24, 2.45) is 0 Å². The molecule has 0 amide bonds. The third-order valence-corrected chi connectivity index (χ3v) is 5.01. The van der Waals surface area contributed by atoms with Crippen LogP contribution in [-0.4, -0.2) is 18.4 Å². The van der Waals surface area contributed by atoms with Crippen LogP contribution in [0.2, 0.25) is 0 Å². The number of halogens is 1. The van der Waals surface area contributed by atoms with Gasteiger partial charge in [0.05, 0.1) is 16.8 Å². The van der Waals surface area contributed by atoms with Gasteiger partial charge in [0.2, 0.25) is 15.0 Å². The molecule has 108 valence electrons. The molecule has 0 aliphatic heterocycles. The summed E-state index contributed by atoms with van der Waals surface area (Å²) in [5, 5.41) is -0.0388. The molecule has 0 fully saturated rings.